The largest absolute Gasteiger partial charge is 0.382 e. The molecule has 2 aromatic carbocycles. The molecule has 0 saturated carbocycles. The van der Waals surface area contributed by atoms with E-state index in [9.17, 15) is 4.39 Å². The number of nitrogens with one attached hydrogen (secondary N) is 1. The lowest BCUT2D eigenvalue weighted by atomic mass is 9.93. The van der Waals surface area contributed by atoms with Crippen LogP contribution in [-0.4, -0.2) is 24.9 Å². The summed E-state index contributed by atoms with van der Waals surface area (Å²) in [6.45, 7) is 1.96. The summed E-state index contributed by atoms with van der Waals surface area (Å²) >= 11 is 6.38. The van der Waals surface area contributed by atoms with Crippen LogP contribution in [0, 0.1) is 5.82 Å². The number of benzene rings is 2. The third-order valence-electron chi connectivity index (χ3n) is 5.11. The van der Waals surface area contributed by atoms with Gasteiger partial charge in [-0.25, -0.2) is 24.3 Å². The third kappa shape index (κ3) is 3.04. The Hall–Kier alpha value is -3.58. The van der Waals surface area contributed by atoms with Crippen LogP contribution in [0.5, 0.6) is 0 Å². The van der Waals surface area contributed by atoms with E-state index in [1.807, 2.05) is 31.2 Å². The highest BCUT2D eigenvalue weighted by Gasteiger charge is 2.21. The molecule has 6 nitrogen and oxygen atoms in total. The standard InChI is InChI=1S/C22H16ClFN6/c1-11(21-29-20(25)19-22(30-21)27-10-26-19)15-9-13-5-3-7-16(23)18(13)28-17(15)12-4-2-6-14(24)8-12/h2-11H,1H3,(H3,25,26,27,29,30)/t11-/m1/s1. The maximum absolute atomic E-state index is 14.0. The molecule has 8 heteroatoms. The van der Waals surface area contributed by atoms with E-state index in [-0.39, 0.29) is 11.7 Å². The van der Waals surface area contributed by atoms with Crippen molar-refractivity contribution in [2.24, 2.45) is 0 Å². The smallest absolute Gasteiger partial charge is 0.183 e. The van der Waals surface area contributed by atoms with Crippen LogP contribution in [0.15, 0.2) is 54.9 Å². The van der Waals surface area contributed by atoms with Gasteiger partial charge in [-0.3, -0.25) is 0 Å². The number of rotatable bonds is 3. The monoisotopic (exact) mass is 418 g/mol. The number of para-hydroxylation sites is 1. The number of aromatic nitrogens is 5. The number of nitrogens with zero attached hydrogens (tertiary/aromatic N) is 4. The van der Waals surface area contributed by atoms with E-state index in [1.165, 1.54) is 18.5 Å². The van der Waals surface area contributed by atoms with Crippen LogP contribution in [0.4, 0.5) is 10.2 Å². The van der Waals surface area contributed by atoms with E-state index in [4.69, 9.17) is 22.3 Å². The fourth-order valence-corrected chi connectivity index (χ4v) is 3.81. The molecule has 0 bridgehead atoms. The second-order valence-corrected chi connectivity index (χ2v) is 7.45. The number of halogens is 2. The highest BCUT2D eigenvalue weighted by Crippen LogP contribution is 2.35. The minimum atomic E-state index is -0.342. The summed E-state index contributed by atoms with van der Waals surface area (Å²) in [5.74, 6) is 0.213. The molecule has 0 saturated heterocycles. The molecule has 0 aliphatic heterocycles. The first-order chi connectivity index (χ1) is 14.5. The summed E-state index contributed by atoms with van der Waals surface area (Å²) < 4.78 is 14.0. The molecule has 5 rings (SSSR count). The molecule has 3 N–H and O–H groups in total. The second kappa shape index (κ2) is 7.03. The summed E-state index contributed by atoms with van der Waals surface area (Å²) in [4.78, 5) is 21.0. The molecular weight excluding hydrogens is 403 g/mol. The maximum Gasteiger partial charge on any atom is 0.183 e. The Bertz CT molecular complexity index is 1410. The van der Waals surface area contributed by atoms with Crippen molar-refractivity contribution < 1.29 is 4.39 Å². The van der Waals surface area contributed by atoms with Crippen LogP contribution in [0.3, 0.4) is 0 Å². The van der Waals surface area contributed by atoms with Gasteiger partial charge < -0.3 is 10.7 Å². The number of imidazole rings is 1. The van der Waals surface area contributed by atoms with Gasteiger partial charge in [0, 0.05) is 16.9 Å². The number of anilines is 1. The Kier molecular flexibility index (Phi) is 4.33. The van der Waals surface area contributed by atoms with Crippen molar-refractivity contribution in [2.45, 2.75) is 12.8 Å². The number of hydrogen-bond donors (Lipinski definition) is 2. The van der Waals surface area contributed by atoms with Crippen LogP contribution >= 0.6 is 11.6 Å². The van der Waals surface area contributed by atoms with E-state index < -0.39 is 0 Å². The predicted molar refractivity (Wildman–Crippen MR) is 116 cm³/mol. The molecule has 30 heavy (non-hydrogen) atoms. The molecule has 0 unspecified atom stereocenters. The second-order valence-electron chi connectivity index (χ2n) is 7.04. The average molecular weight is 419 g/mol. The van der Waals surface area contributed by atoms with E-state index >= 15 is 0 Å². The van der Waals surface area contributed by atoms with Crippen molar-refractivity contribution in [3.05, 3.63) is 77.1 Å². The SMILES string of the molecule is C[C@@H](c1nc(N)c2[nH]cnc2n1)c1cc2cccc(Cl)c2nc1-c1cccc(F)c1. The first kappa shape index (κ1) is 18.4. The first-order valence-electron chi connectivity index (χ1n) is 9.33. The van der Waals surface area contributed by atoms with E-state index in [0.29, 0.717) is 44.6 Å². The molecular formula is C22H16ClFN6. The summed E-state index contributed by atoms with van der Waals surface area (Å²) in [6.07, 6.45) is 1.53. The highest BCUT2D eigenvalue weighted by molar-refractivity contribution is 6.35. The van der Waals surface area contributed by atoms with Gasteiger partial charge in [0.2, 0.25) is 0 Å². The molecule has 0 fully saturated rings. The number of nitrogen functional groups attached to an aromatic ring is 1. The van der Waals surface area contributed by atoms with Crippen molar-refractivity contribution in [1.82, 2.24) is 24.9 Å². The van der Waals surface area contributed by atoms with E-state index in [1.54, 1.807) is 12.1 Å². The molecule has 3 heterocycles. The van der Waals surface area contributed by atoms with Crippen molar-refractivity contribution in [2.75, 3.05) is 5.73 Å². The molecule has 5 aromatic rings. The summed E-state index contributed by atoms with van der Waals surface area (Å²) in [5, 5.41) is 1.40. The minimum absolute atomic E-state index is 0.275. The number of nitrogens with two attached hydrogens (primary N) is 1. The molecule has 148 valence electrons. The molecule has 0 spiro atoms. The Morgan fingerprint density at radius 3 is 2.73 bits per heavy atom. The van der Waals surface area contributed by atoms with Crippen molar-refractivity contribution in [3.63, 3.8) is 0 Å². The van der Waals surface area contributed by atoms with Gasteiger partial charge in [-0.15, -0.1) is 0 Å². The van der Waals surface area contributed by atoms with Crippen molar-refractivity contribution >= 4 is 39.5 Å². The minimum Gasteiger partial charge on any atom is -0.382 e. The molecule has 1 atom stereocenters. The molecule has 3 aromatic heterocycles. The fourth-order valence-electron chi connectivity index (χ4n) is 3.58. The molecule has 0 aliphatic rings. The quantitative estimate of drug-likeness (QED) is 0.425. The van der Waals surface area contributed by atoms with Crippen LogP contribution in [0.25, 0.3) is 33.3 Å². The zero-order chi connectivity index (χ0) is 20.8. The molecule has 0 aliphatic carbocycles. The normalized spacial score (nSPS) is 12.5. The lowest BCUT2D eigenvalue weighted by Crippen LogP contribution is -2.08. The van der Waals surface area contributed by atoms with Crippen LogP contribution < -0.4 is 5.73 Å². The highest BCUT2D eigenvalue weighted by atomic mass is 35.5. The van der Waals surface area contributed by atoms with Crippen LogP contribution in [0.1, 0.15) is 24.2 Å². The average Bonchev–Trinajstić information content (AvgIpc) is 3.22. The lowest BCUT2D eigenvalue weighted by Gasteiger charge is -2.17. The van der Waals surface area contributed by atoms with Crippen LogP contribution in [-0.2, 0) is 0 Å². The zero-order valence-corrected chi connectivity index (χ0v) is 16.7. The van der Waals surface area contributed by atoms with Gasteiger partial charge in [0.05, 0.1) is 22.6 Å². The van der Waals surface area contributed by atoms with Gasteiger partial charge in [0.15, 0.2) is 11.5 Å². The number of hydrogen-bond acceptors (Lipinski definition) is 5. The van der Waals surface area contributed by atoms with Gasteiger partial charge in [-0.2, -0.15) is 0 Å². The maximum atomic E-state index is 14.0. The fraction of sp³-hybridized carbons (Fsp3) is 0.0909. The van der Waals surface area contributed by atoms with Crippen molar-refractivity contribution in [1.29, 1.82) is 0 Å². The third-order valence-corrected chi connectivity index (χ3v) is 5.41. The van der Waals surface area contributed by atoms with Gasteiger partial charge in [-0.1, -0.05) is 42.8 Å². The zero-order valence-electron chi connectivity index (χ0n) is 15.9. The van der Waals surface area contributed by atoms with E-state index in [2.05, 4.69) is 19.9 Å². The summed E-state index contributed by atoms with van der Waals surface area (Å²) in [7, 11) is 0. The Morgan fingerprint density at radius 2 is 1.90 bits per heavy atom. The van der Waals surface area contributed by atoms with Gasteiger partial charge in [-0.05, 0) is 29.8 Å². The lowest BCUT2D eigenvalue weighted by molar-refractivity contribution is 0.628. The number of aromatic amines is 1. The topological polar surface area (TPSA) is 93.4 Å². The number of H-pyrrole nitrogens is 1. The summed E-state index contributed by atoms with van der Waals surface area (Å²) in [5.41, 5.74) is 9.93. The summed E-state index contributed by atoms with van der Waals surface area (Å²) in [6, 6.07) is 13.9. The molecule has 0 radical (unpaired) electrons. The first-order valence-corrected chi connectivity index (χ1v) is 9.70. The Morgan fingerprint density at radius 1 is 1.07 bits per heavy atom. The Labute approximate surface area is 176 Å². The van der Waals surface area contributed by atoms with Crippen LogP contribution in [0.2, 0.25) is 5.02 Å². The van der Waals surface area contributed by atoms with Crippen molar-refractivity contribution in [3.8, 4) is 11.3 Å². The number of fused-ring (bicyclic) bond motifs is 2. The Balaban J connectivity index is 1.76. The van der Waals surface area contributed by atoms with E-state index in [0.717, 1.165) is 10.9 Å². The van der Waals surface area contributed by atoms with Gasteiger partial charge >= 0.3 is 0 Å². The predicted octanol–water partition coefficient (Wildman–Crippen LogP) is 5.09. The van der Waals surface area contributed by atoms with Gasteiger partial charge in [0.1, 0.15) is 17.2 Å². The van der Waals surface area contributed by atoms with Gasteiger partial charge in [0.25, 0.3) is 0 Å². The molecule has 0 amide bonds. The number of pyridine rings is 1.